The van der Waals surface area contributed by atoms with Gasteiger partial charge in [-0.05, 0) is 53.9 Å². The maximum absolute atomic E-state index is 12.5. The fraction of sp³-hybridized carbons (Fsp3) is 0.300. The second-order valence-corrected chi connectivity index (χ2v) is 6.02. The summed E-state index contributed by atoms with van der Waals surface area (Å²) in [6, 6.07) is 10.6. The van der Waals surface area contributed by atoms with Gasteiger partial charge in [0.25, 0.3) is 5.91 Å². The highest BCUT2D eigenvalue weighted by atomic mass is 16.5. The van der Waals surface area contributed by atoms with Gasteiger partial charge in [0.05, 0.1) is 14.2 Å². The average Bonchev–Trinajstić information content (AvgIpc) is 2.70. The van der Waals surface area contributed by atoms with Crippen molar-refractivity contribution >= 4 is 12.2 Å². The lowest BCUT2D eigenvalue weighted by molar-refractivity contribution is -0.134. The first-order valence-corrected chi connectivity index (χ1v) is 8.34. The van der Waals surface area contributed by atoms with Gasteiger partial charge in [0.15, 0.2) is 18.1 Å². The number of hydrogen-bond donors (Lipinski definition) is 0. The van der Waals surface area contributed by atoms with Crippen LogP contribution in [-0.4, -0.2) is 44.5 Å². The normalized spacial score (nSPS) is 12.9. The zero-order valence-corrected chi connectivity index (χ0v) is 14.9. The number of fused-ring (bicyclic) bond motifs is 1. The molecule has 0 spiro atoms. The van der Waals surface area contributed by atoms with E-state index in [0.29, 0.717) is 35.9 Å². The van der Waals surface area contributed by atoms with Crippen molar-refractivity contribution in [2.75, 3.05) is 27.4 Å². The molecule has 0 saturated heterocycles. The summed E-state index contributed by atoms with van der Waals surface area (Å²) in [4.78, 5) is 24.9. The number of methoxy groups -OCH3 is 2. The number of benzene rings is 2. The fourth-order valence-corrected chi connectivity index (χ4v) is 2.98. The Kier molecular flexibility index (Phi) is 5.41. The molecule has 2 aromatic carbocycles. The molecule has 0 bridgehead atoms. The lowest BCUT2D eigenvalue weighted by atomic mass is 9.99. The first kappa shape index (κ1) is 17.8. The number of amides is 1. The molecule has 1 amide bonds. The van der Waals surface area contributed by atoms with Gasteiger partial charge >= 0.3 is 0 Å². The van der Waals surface area contributed by atoms with Crippen LogP contribution in [0, 0.1) is 0 Å². The molecule has 0 atom stereocenters. The highest BCUT2D eigenvalue weighted by Crippen LogP contribution is 2.33. The Hall–Kier alpha value is -3.02. The number of carbonyl (C=O) groups is 2. The van der Waals surface area contributed by atoms with Crippen molar-refractivity contribution in [2.24, 2.45) is 0 Å². The molecule has 1 aliphatic heterocycles. The number of hydrogen-bond acceptors (Lipinski definition) is 5. The van der Waals surface area contributed by atoms with E-state index >= 15 is 0 Å². The van der Waals surface area contributed by atoms with Crippen molar-refractivity contribution in [2.45, 2.75) is 13.0 Å². The summed E-state index contributed by atoms with van der Waals surface area (Å²) < 4.78 is 16.2. The molecule has 0 saturated carbocycles. The molecule has 0 radical (unpaired) electrons. The highest BCUT2D eigenvalue weighted by molar-refractivity contribution is 5.78. The first-order valence-electron chi connectivity index (χ1n) is 8.34. The van der Waals surface area contributed by atoms with Gasteiger partial charge in [-0.1, -0.05) is 0 Å². The maximum Gasteiger partial charge on any atom is 0.260 e. The van der Waals surface area contributed by atoms with E-state index in [1.807, 2.05) is 12.1 Å². The van der Waals surface area contributed by atoms with Crippen LogP contribution in [0.5, 0.6) is 17.2 Å². The van der Waals surface area contributed by atoms with Gasteiger partial charge in [-0.3, -0.25) is 9.59 Å². The van der Waals surface area contributed by atoms with Crippen LogP contribution < -0.4 is 14.2 Å². The molecule has 136 valence electrons. The molecule has 0 aliphatic carbocycles. The summed E-state index contributed by atoms with van der Waals surface area (Å²) in [6.07, 6.45) is 1.53. The molecular weight excluding hydrogens is 334 g/mol. The van der Waals surface area contributed by atoms with E-state index in [2.05, 4.69) is 0 Å². The van der Waals surface area contributed by atoms with Crippen LogP contribution in [0.15, 0.2) is 36.4 Å². The third-order valence-electron chi connectivity index (χ3n) is 4.45. The summed E-state index contributed by atoms with van der Waals surface area (Å²) in [6.45, 7) is 1.11. The van der Waals surface area contributed by atoms with Gasteiger partial charge in [0.2, 0.25) is 0 Å². The summed E-state index contributed by atoms with van der Waals surface area (Å²) in [5.41, 5.74) is 2.79. The molecule has 3 rings (SSSR count). The predicted octanol–water partition coefficient (Wildman–Crippen LogP) is 2.48. The van der Waals surface area contributed by atoms with Crippen LogP contribution in [0.4, 0.5) is 0 Å². The Bertz CT molecular complexity index is 801. The summed E-state index contributed by atoms with van der Waals surface area (Å²) >= 11 is 0. The van der Waals surface area contributed by atoms with Crippen LogP contribution in [0.2, 0.25) is 0 Å². The van der Waals surface area contributed by atoms with Crippen molar-refractivity contribution in [3.05, 3.63) is 53.1 Å². The molecule has 0 aromatic heterocycles. The molecule has 6 heteroatoms. The fourth-order valence-electron chi connectivity index (χ4n) is 2.98. The van der Waals surface area contributed by atoms with Crippen LogP contribution in [-0.2, 0) is 17.8 Å². The van der Waals surface area contributed by atoms with Gasteiger partial charge < -0.3 is 19.1 Å². The van der Waals surface area contributed by atoms with E-state index < -0.39 is 0 Å². The second kappa shape index (κ2) is 7.91. The summed E-state index contributed by atoms with van der Waals surface area (Å²) in [7, 11) is 3.21. The minimum atomic E-state index is -0.0788. The third-order valence-corrected chi connectivity index (χ3v) is 4.45. The second-order valence-electron chi connectivity index (χ2n) is 6.02. The van der Waals surface area contributed by atoms with Crippen molar-refractivity contribution in [3.8, 4) is 17.2 Å². The van der Waals surface area contributed by atoms with Crippen molar-refractivity contribution < 1.29 is 23.8 Å². The maximum atomic E-state index is 12.5. The van der Waals surface area contributed by atoms with E-state index in [1.54, 1.807) is 43.4 Å². The zero-order chi connectivity index (χ0) is 18.5. The third kappa shape index (κ3) is 3.79. The van der Waals surface area contributed by atoms with Crippen LogP contribution in [0.1, 0.15) is 21.5 Å². The number of carbonyl (C=O) groups excluding carboxylic acids is 2. The molecular formula is C20H21NO5. The first-order chi connectivity index (χ1) is 12.6. The Labute approximate surface area is 152 Å². The van der Waals surface area contributed by atoms with Gasteiger partial charge in [0.1, 0.15) is 12.0 Å². The van der Waals surface area contributed by atoms with Crippen LogP contribution in [0.3, 0.4) is 0 Å². The number of nitrogens with zero attached hydrogens (tertiary/aromatic N) is 1. The highest BCUT2D eigenvalue weighted by Gasteiger charge is 2.23. The van der Waals surface area contributed by atoms with Gasteiger partial charge in [-0.25, -0.2) is 0 Å². The van der Waals surface area contributed by atoms with Gasteiger partial charge in [0, 0.05) is 18.7 Å². The predicted molar refractivity (Wildman–Crippen MR) is 96.0 cm³/mol. The van der Waals surface area contributed by atoms with Crippen molar-refractivity contribution in [3.63, 3.8) is 0 Å². The molecule has 1 aliphatic rings. The van der Waals surface area contributed by atoms with Gasteiger partial charge in [-0.2, -0.15) is 0 Å². The summed E-state index contributed by atoms with van der Waals surface area (Å²) in [5.74, 6) is 1.85. The quantitative estimate of drug-likeness (QED) is 0.745. The minimum absolute atomic E-state index is 0.0386. The average molecular weight is 355 g/mol. The van der Waals surface area contributed by atoms with E-state index in [9.17, 15) is 9.59 Å². The molecule has 0 N–H and O–H groups in total. The molecule has 6 nitrogen and oxygen atoms in total. The number of ether oxygens (including phenoxy) is 3. The smallest absolute Gasteiger partial charge is 0.260 e. The monoisotopic (exact) mass is 355 g/mol. The Balaban J connectivity index is 1.63. The Morgan fingerprint density at radius 1 is 1.08 bits per heavy atom. The minimum Gasteiger partial charge on any atom is -0.493 e. The van der Waals surface area contributed by atoms with Crippen molar-refractivity contribution in [1.82, 2.24) is 4.90 Å². The lowest BCUT2D eigenvalue weighted by Gasteiger charge is -2.29. The molecule has 1 heterocycles. The van der Waals surface area contributed by atoms with E-state index in [0.717, 1.165) is 23.8 Å². The van der Waals surface area contributed by atoms with Crippen LogP contribution in [0.25, 0.3) is 0 Å². The summed E-state index contributed by atoms with van der Waals surface area (Å²) in [5, 5.41) is 0. The largest absolute Gasteiger partial charge is 0.493 e. The molecule has 0 fully saturated rings. The van der Waals surface area contributed by atoms with E-state index in [1.165, 1.54) is 0 Å². The molecule has 26 heavy (non-hydrogen) atoms. The number of aldehydes is 1. The number of rotatable bonds is 6. The van der Waals surface area contributed by atoms with Crippen molar-refractivity contribution in [1.29, 1.82) is 0 Å². The van der Waals surface area contributed by atoms with Crippen LogP contribution >= 0.6 is 0 Å². The zero-order valence-electron chi connectivity index (χ0n) is 14.9. The molecule has 0 unspecified atom stereocenters. The molecule has 2 aromatic rings. The van der Waals surface area contributed by atoms with E-state index in [-0.39, 0.29) is 12.5 Å². The topological polar surface area (TPSA) is 65.1 Å². The van der Waals surface area contributed by atoms with Gasteiger partial charge in [-0.15, -0.1) is 0 Å². The standard InChI is InChI=1S/C20H21NO5/c1-24-18-9-15-7-8-21(11-16(15)10-19(18)25-2)20(23)13-26-17-5-3-14(12-22)4-6-17/h3-6,9-10,12H,7-8,11,13H2,1-2H3. The Morgan fingerprint density at radius 2 is 1.73 bits per heavy atom. The SMILES string of the molecule is COc1cc2c(cc1OC)CN(C(=O)COc1ccc(C=O)cc1)CC2. The van der Waals surface area contributed by atoms with E-state index in [4.69, 9.17) is 14.2 Å². The lowest BCUT2D eigenvalue weighted by Crippen LogP contribution is -2.38. The Morgan fingerprint density at radius 3 is 2.35 bits per heavy atom.